The lowest BCUT2D eigenvalue weighted by Gasteiger charge is -1.89. The summed E-state index contributed by atoms with van der Waals surface area (Å²) in [5, 5.41) is 7.48. The number of nitrogens with zero attached hydrogens (tertiary/aromatic N) is 4. The van der Waals surface area contributed by atoms with E-state index in [1.807, 2.05) is 0 Å². The number of fused-ring (bicyclic) bond motifs is 1. The zero-order valence-corrected chi connectivity index (χ0v) is 6.48. The van der Waals surface area contributed by atoms with Crippen molar-refractivity contribution in [2.24, 2.45) is 0 Å². The molecule has 2 aromatic heterocycles. The topological polar surface area (TPSA) is 43.1 Å². The molecule has 0 aliphatic heterocycles. The second kappa shape index (κ2) is 2.02. The highest BCUT2D eigenvalue weighted by Crippen LogP contribution is 2.04. The van der Waals surface area contributed by atoms with Gasteiger partial charge in [0.1, 0.15) is 10.9 Å². The van der Waals surface area contributed by atoms with Crippen LogP contribution in [0.4, 0.5) is 0 Å². The van der Waals surface area contributed by atoms with E-state index in [0.717, 1.165) is 10.3 Å². The Bertz CT molecular complexity index is 355. The summed E-state index contributed by atoms with van der Waals surface area (Å²) in [5.74, 6) is 0. The summed E-state index contributed by atoms with van der Waals surface area (Å²) < 4.78 is 2.57. The molecule has 0 aliphatic rings. The van der Waals surface area contributed by atoms with Gasteiger partial charge in [-0.1, -0.05) is 0 Å². The Balaban J connectivity index is 2.86. The zero-order valence-electron chi connectivity index (χ0n) is 4.90. The van der Waals surface area contributed by atoms with Crippen LogP contribution in [0.2, 0.25) is 0 Å². The summed E-state index contributed by atoms with van der Waals surface area (Å²) in [5.41, 5.74) is 0.753. The van der Waals surface area contributed by atoms with E-state index >= 15 is 0 Å². The Hall–Kier alpha value is -0.970. The first kappa shape index (κ1) is 5.79. The summed E-state index contributed by atoms with van der Waals surface area (Å²) >= 11 is 3.23. The van der Waals surface area contributed by atoms with Crippen LogP contribution >= 0.6 is 15.9 Å². The maximum atomic E-state index is 3.97. The van der Waals surface area contributed by atoms with Crippen molar-refractivity contribution in [3.63, 3.8) is 0 Å². The van der Waals surface area contributed by atoms with E-state index in [1.165, 1.54) is 0 Å². The van der Waals surface area contributed by atoms with Crippen LogP contribution in [0, 0.1) is 0 Å². The van der Waals surface area contributed by atoms with E-state index in [4.69, 9.17) is 0 Å². The van der Waals surface area contributed by atoms with Crippen molar-refractivity contribution in [1.82, 2.24) is 19.6 Å². The average molecular weight is 199 g/mol. The number of hydrogen-bond acceptors (Lipinski definition) is 3. The van der Waals surface area contributed by atoms with E-state index < -0.39 is 0 Å². The fourth-order valence-electron chi connectivity index (χ4n) is 0.711. The van der Waals surface area contributed by atoms with Gasteiger partial charge in [0.2, 0.25) is 0 Å². The van der Waals surface area contributed by atoms with Crippen LogP contribution in [0.15, 0.2) is 23.3 Å². The van der Waals surface area contributed by atoms with Gasteiger partial charge in [-0.2, -0.15) is 0 Å². The molecule has 0 aliphatic carbocycles. The summed E-state index contributed by atoms with van der Waals surface area (Å²) in [6, 6.07) is 0. The predicted molar refractivity (Wildman–Crippen MR) is 38.5 cm³/mol. The highest BCUT2D eigenvalue weighted by atomic mass is 79.9. The van der Waals surface area contributed by atoms with E-state index in [9.17, 15) is 0 Å². The molecule has 0 saturated carbocycles. The molecule has 4 nitrogen and oxygen atoms in total. The summed E-state index contributed by atoms with van der Waals surface area (Å²) in [6.45, 7) is 0. The normalized spacial score (nSPS) is 10.5. The van der Waals surface area contributed by atoms with E-state index in [2.05, 4.69) is 31.1 Å². The van der Waals surface area contributed by atoms with Gasteiger partial charge in [-0.05, 0) is 15.9 Å². The molecule has 2 heterocycles. The third kappa shape index (κ3) is 0.786. The molecular formula is C5H3BrN4. The second-order valence-corrected chi connectivity index (χ2v) is 2.62. The van der Waals surface area contributed by atoms with Crippen molar-refractivity contribution in [2.75, 3.05) is 0 Å². The van der Waals surface area contributed by atoms with Crippen molar-refractivity contribution >= 4 is 21.6 Å². The molecule has 50 valence electrons. The number of aromatic nitrogens is 4. The number of rotatable bonds is 0. The highest BCUT2D eigenvalue weighted by molar-refractivity contribution is 9.10. The molecule has 0 saturated heterocycles. The Labute approximate surface area is 65.0 Å². The van der Waals surface area contributed by atoms with Crippen molar-refractivity contribution in [2.45, 2.75) is 0 Å². The largest absolute Gasteiger partial charge is 0.285 e. The summed E-state index contributed by atoms with van der Waals surface area (Å²) in [4.78, 5) is 3.97. The van der Waals surface area contributed by atoms with Gasteiger partial charge in [0.05, 0.1) is 6.20 Å². The van der Waals surface area contributed by atoms with Crippen LogP contribution < -0.4 is 0 Å². The Morgan fingerprint density at radius 1 is 1.50 bits per heavy atom. The maximum absolute atomic E-state index is 3.97. The molecule has 0 amide bonds. The minimum Gasteiger partial charge on any atom is -0.285 e. The lowest BCUT2D eigenvalue weighted by Crippen LogP contribution is -1.84. The van der Waals surface area contributed by atoms with Crippen molar-refractivity contribution in [1.29, 1.82) is 0 Å². The molecule has 2 rings (SSSR count). The fraction of sp³-hybridized carbons (Fsp3) is 0. The molecule has 0 atom stereocenters. The minimum absolute atomic E-state index is 0.753. The molecule has 5 heteroatoms. The lowest BCUT2D eigenvalue weighted by molar-refractivity contribution is 1.09. The quantitative estimate of drug-likeness (QED) is 0.632. The standard InChI is InChI=1S/C5H3BrN4/c6-4-2-10-3-8-9-5(10)1-7-4/h1-3H. The van der Waals surface area contributed by atoms with Gasteiger partial charge >= 0.3 is 0 Å². The second-order valence-electron chi connectivity index (χ2n) is 1.81. The first-order valence-electron chi connectivity index (χ1n) is 2.67. The minimum atomic E-state index is 0.753. The predicted octanol–water partition coefficient (Wildman–Crippen LogP) is 0.887. The van der Waals surface area contributed by atoms with Crippen molar-refractivity contribution < 1.29 is 0 Å². The average Bonchev–Trinajstić information content (AvgIpc) is 2.33. The molecule has 0 bridgehead atoms. The van der Waals surface area contributed by atoms with Gasteiger partial charge in [0, 0.05) is 6.20 Å². The number of hydrogen-bond donors (Lipinski definition) is 0. The first-order chi connectivity index (χ1) is 4.86. The molecule has 0 fully saturated rings. The van der Waals surface area contributed by atoms with Gasteiger partial charge in [-0.3, -0.25) is 4.40 Å². The van der Waals surface area contributed by atoms with Crippen LogP contribution in [0.1, 0.15) is 0 Å². The zero-order chi connectivity index (χ0) is 6.97. The fourth-order valence-corrected chi connectivity index (χ4v) is 1.03. The van der Waals surface area contributed by atoms with Crippen molar-refractivity contribution in [3.05, 3.63) is 23.3 Å². The van der Waals surface area contributed by atoms with Gasteiger partial charge in [-0.25, -0.2) is 4.98 Å². The maximum Gasteiger partial charge on any atom is 0.179 e. The van der Waals surface area contributed by atoms with Crippen molar-refractivity contribution in [3.8, 4) is 0 Å². The van der Waals surface area contributed by atoms with Crippen LogP contribution in [0.3, 0.4) is 0 Å². The smallest absolute Gasteiger partial charge is 0.179 e. The third-order valence-corrected chi connectivity index (χ3v) is 1.56. The van der Waals surface area contributed by atoms with Gasteiger partial charge in [0.25, 0.3) is 0 Å². The molecular weight excluding hydrogens is 196 g/mol. The molecule has 0 spiro atoms. The monoisotopic (exact) mass is 198 g/mol. The Morgan fingerprint density at radius 3 is 3.30 bits per heavy atom. The first-order valence-corrected chi connectivity index (χ1v) is 3.46. The molecule has 10 heavy (non-hydrogen) atoms. The van der Waals surface area contributed by atoms with Crippen LogP contribution in [-0.4, -0.2) is 19.6 Å². The van der Waals surface area contributed by atoms with Gasteiger partial charge in [0.15, 0.2) is 5.65 Å². The van der Waals surface area contributed by atoms with Crippen LogP contribution in [0.25, 0.3) is 5.65 Å². The van der Waals surface area contributed by atoms with Crippen LogP contribution in [0.5, 0.6) is 0 Å². The summed E-state index contributed by atoms with van der Waals surface area (Å²) in [6.07, 6.45) is 5.08. The molecule has 0 unspecified atom stereocenters. The van der Waals surface area contributed by atoms with E-state index in [1.54, 1.807) is 23.1 Å². The third-order valence-electron chi connectivity index (χ3n) is 1.15. The van der Waals surface area contributed by atoms with E-state index in [0.29, 0.717) is 0 Å². The Morgan fingerprint density at radius 2 is 2.40 bits per heavy atom. The molecule has 0 radical (unpaired) electrons. The van der Waals surface area contributed by atoms with Gasteiger partial charge < -0.3 is 0 Å². The van der Waals surface area contributed by atoms with E-state index in [-0.39, 0.29) is 0 Å². The molecule has 0 N–H and O–H groups in total. The Kier molecular flexibility index (Phi) is 1.17. The highest BCUT2D eigenvalue weighted by Gasteiger charge is 1.93. The number of halogens is 1. The lowest BCUT2D eigenvalue weighted by atomic mass is 10.7. The van der Waals surface area contributed by atoms with Gasteiger partial charge in [-0.15, -0.1) is 10.2 Å². The van der Waals surface area contributed by atoms with Crippen LogP contribution in [-0.2, 0) is 0 Å². The SMILES string of the molecule is Brc1cn2cnnc2cn1. The molecule has 2 aromatic rings. The molecule has 0 aromatic carbocycles. The summed E-state index contributed by atoms with van der Waals surface area (Å²) in [7, 11) is 0.